The highest BCUT2D eigenvalue weighted by Crippen LogP contribution is 2.40. The summed E-state index contributed by atoms with van der Waals surface area (Å²) >= 11 is 0. The van der Waals surface area contributed by atoms with Gasteiger partial charge in [0.25, 0.3) is 11.8 Å². The predicted octanol–water partition coefficient (Wildman–Crippen LogP) is 1.89. The number of methoxy groups -OCH3 is 1. The summed E-state index contributed by atoms with van der Waals surface area (Å²) in [6, 6.07) is 5.47. The zero-order valence-corrected chi connectivity index (χ0v) is 16.4. The smallest absolute Gasteiger partial charge is 0.257 e. The Hall–Kier alpha value is -2.71. The number of piperidine rings is 1. The van der Waals surface area contributed by atoms with E-state index in [9.17, 15) is 9.59 Å². The molecule has 2 fully saturated rings. The van der Waals surface area contributed by atoms with Crippen LogP contribution in [0.4, 0.5) is 0 Å². The van der Waals surface area contributed by atoms with Crippen molar-refractivity contribution in [2.24, 2.45) is 0 Å². The monoisotopic (exact) mass is 399 g/mol. The van der Waals surface area contributed by atoms with Gasteiger partial charge in [-0.25, -0.2) is 0 Å². The number of carbonyl (C=O) groups excluding carboxylic acids is 2. The first-order valence-corrected chi connectivity index (χ1v) is 9.85. The molecular formula is C21H25N3O5. The first-order chi connectivity index (χ1) is 14.2. The number of likely N-dealkylation sites (tertiary alicyclic amines) is 2. The summed E-state index contributed by atoms with van der Waals surface area (Å²) in [7, 11) is 1.61. The van der Waals surface area contributed by atoms with E-state index in [4.69, 9.17) is 13.9 Å². The Morgan fingerprint density at radius 3 is 2.62 bits per heavy atom. The Bertz CT molecular complexity index is 818. The third-order valence-corrected chi connectivity index (χ3v) is 5.63. The number of rotatable bonds is 7. The largest absolute Gasteiger partial charge is 0.472 e. The highest BCUT2D eigenvalue weighted by Gasteiger charge is 2.52. The molecule has 0 bridgehead atoms. The Morgan fingerprint density at radius 1 is 1.21 bits per heavy atom. The number of amides is 2. The van der Waals surface area contributed by atoms with Crippen LogP contribution in [0.3, 0.4) is 0 Å². The van der Waals surface area contributed by atoms with E-state index in [0.29, 0.717) is 31.9 Å². The number of nitrogens with zero attached hydrogens (tertiary/aromatic N) is 3. The summed E-state index contributed by atoms with van der Waals surface area (Å²) in [4.78, 5) is 33.2. The Kier molecular flexibility index (Phi) is 5.92. The fourth-order valence-electron chi connectivity index (χ4n) is 4.12. The third kappa shape index (κ3) is 3.90. The maximum absolute atomic E-state index is 12.9. The van der Waals surface area contributed by atoms with E-state index in [0.717, 1.165) is 18.4 Å². The zero-order chi connectivity index (χ0) is 20.2. The van der Waals surface area contributed by atoms with Gasteiger partial charge in [-0.1, -0.05) is 0 Å². The first-order valence-electron chi connectivity index (χ1n) is 9.85. The number of furan rings is 1. The molecule has 4 rings (SSSR count). The van der Waals surface area contributed by atoms with Crippen molar-refractivity contribution >= 4 is 11.8 Å². The van der Waals surface area contributed by atoms with Gasteiger partial charge in [-0.05, 0) is 36.6 Å². The number of β-lactam (4-membered cyclic amide) rings is 1. The van der Waals surface area contributed by atoms with Crippen LogP contribution in [0.25, 0.3) is 0 Å². The van der Waals surface area contributed by atoms with Gasteiger partial charge in [0, 0.05) is 38.6 Å². The summed E-state index contributed by atoms with van der Waals surface area (Å²) in [5.74, 6) is -0.0267. The van der Waals surface area contributed by atoms with Crippen molar-refractivity contribution in [1.29, 1.82) is 0 Å². The second-order valence-electron chi connectivity index (χ2n) is 7.29. The molecule has 4 heterocycles. The maximum atomic E-state index is 12.9. The van der Waals surface area contributed by atoms with Crippen molar-refractivity contribution in [3.8, 4) is 0 Å². The minimum absolute atomic E-state index is 0.00234. The van der Waals surface area contributed by atoms with E-state index in [2.05, 4.69) is 4.98 Å². The lowest BCUT2D eigenvalue weighted by atomic mass is 9.86. The van der Waals surface area contributed by atoms with Gasteiger partial charge in [0.2, 0.25) is 0 Å². The van der Waals surface area contributed by atoms with E-state index in [1.54, 1.807) is 25.6 Å². The van der Waals surface area contributed by atoms with Crippen LogP contribution in [-0.2, 0) is 14.3 Å². The normalized spacial score (nSPS) is 22.6. The van der Waals surface area contributed by atoms with Gasteiger partial charge >= 0.3 is 0 Å². The number of ether oxygens (including phenoxy) is 2. The van der Waals surface area contributed by atoms with Crippen LogP contribution in [0.2, 0.25) is 0 Å². The van der Waals surface area contributed by atoms with Gasteiger partial charge in [0.15, 0.2) is 6.10 Å². The Balaban J connectivity index is 1.43. The zero-order valence-electron chi connectivity index (χ0n) is 16.4. The van der Waals surface area contributed by atoms with Gasteiger partial charge in [-0.3, -0.25) is 14.6 Å². The summed E-state index contributed by atoms with van der Waals surface area (Å²) in [6.07, 6.45) is 7.40. The van der Waals surface area contributed by atoms with Crippen molar-refractivity contribution in [3.05, 3.63) is 54.2 Å². The molecule has 2 atom stereocenters. The number of hydrogen-bond donors (Lipinski definition) is 0. The third-order valence-electron chi connectivity index (χ3n) is 5.63. The molecule has 0 N–H and O–H groups in total. The second kappa shape index (κ2) is 8.75. The molecule has 2 aliphatic heterocycles. The van der Waals surface area contributed by atoms with Crippen LogP contribution in [-0.4, -0.2) is 72.2 Å². The van der Waals surface area contributed by atoms with Crippen LogP contribution in [0, 0.1) is 0 Å². The molecule has 29 heavy (non-hydrogen) atoms. The van der Waals surface area contributed by atoms with Crippen molar-refractivity contribution in [1.82, 2.24) is 14.8 Å². The molecule has 0 unspecified atom stereocenters. The molecule has 8 nitrogen and oxygen atoms in total. The molecule has 8 heteroatoms. The molecular weight excluding hydrogens is 374 g/mol. The van der Waals surface area contributed by atoms with Gasteiger partial charge < -0.3 is 23.7 Å². The number of pyridine rings is 1. The number of carbonyl (C=O) groups is 2. The van der Waals surface area contributed by atoms with Crippen LogP contribution >= 0.6 is 0 Å². The van der Waals surface area contributed by atoms with E-state index >= 15 is 0 Å². The molecule has 0 saturated carbocycles. The van der Waals surface area contributed by atoms with Gasteiger partial charge in [0.05, 0.1) is 31.1 Å². The SMILES string of the molecule is COCCO[C@H]1C(=O)N(C2CCN(C(=O)c3ccoc3)CC2)[C@H]1c1ccncc1. The van der Waals surface area contributed by atoms with Crippen LogP contribution in [0.5, 0.6) is 0 Å². The lowest BCUT2D eigenvalue weighted by molar-refractivity contribution is -0.183. The minimum atomic E-state index is -0.502. The van der Waals surface area contributed by atoms with Crippen molar-refractivity contribution in [2.75, 3.05) is 33.4 Å². The average Bonchev–Trinajstić information content (AvgIpc) is 3.30. The van der Waals surface area contributed by atoms with Crippen LogP contribution in [0.15, 0.2) is 47.5 Å². The summed E-state index contributed by atoms with van der Waals surface area (Å²) in [5.41, 5.74) is 1.57. The minimum Gasteiger partial charge on any atom is -0.472 e. The summed E-state index contributed by atoms with van der Waals surface area (Å²) in [6.45, 7) is 2.04. The van der Waals surface area contributed by atoms with Gasteiger partial charge in [0.1, 0.15) is 6.26 Å². The lowest BCUT2D eigenvalue weighted by Crippen LogP contribution is -2.65. The highest BCUT2D eigenvalue weighted by atomic mass is 16.5. The molecule has 0 radical (unpaired) electrons. The number of hydrogen-bond acceptors (Lipinski definition) is 6. The molecule has 0 spiro atoms. The van der Waals surface area contributed by atoms with Crippen LogP contribution in [0.1, 0.15) is 34.8 Å². The molecule has 154 valence electrons. The molecule has 2 amide bonds. The molecule has 2 aromatic heterocycles. The van der Waals surface area contributed by atoms with Crippen molar-refractivity contribution in [3.63, 3.8) is 0 Å². The van der Waals surface area contributed by atoms with Gasteiger partial charge in [-0.15, -0.1) is 0 Å². The molecule has 0 aliphatic carbocycles. The number of aromatic nitrogens is 1. The van der Waals surface area contributed by atoms with E-state index < -0.39 is 6.10 Å². The second-order valence-corrected chi connectivity index (χ2v) is 7.29. The highest BCUT2D eigenvalue weighted by molar-refractivity contribution is 5.94. The molecule has 2 aliphatic rings. The quantitative estimate of drug-likeness (QED) is 0.522. The lowest BCUT2D eigenvalue weighted by Gasteiger charge is -2.52. The standard InChI is InChI=1S/C21H25N3O5/c1-27-12-13-29-19-18(15-2-7-22-8-3-15)24(21(19)26)17-4-9-23(10-5-17)20(25)16-6-11-28-14-16/h2-3,6-8,11,14,17-19H,4-5,9-10,12-13H2,1H3/t18-,19+/m0/s1. The molecule has 2 aromatic rings. The van der Waals surface area contributed by atoms with Crippen molar-refractivity contribution in [2.45, 2.75) is 31.0 Å². The average molecular weight is 399 g/mol. The van der Waals surface area contributed by atoms with E-state index in [1.807, 2.05) is 21.9 Å². The summed E-state index contributed by atoms with van der Waals surface area (Å²) in [5, 5.41) is 0. The fourth-order valence-corrected chi connectivity index (χ4v) is 4.12. The summed E-state index contributed by atoms with van der Waals surface area (Å²) < 4.78 is 15.9. The Morgan fingerprint density at radius 2 is 1.97 bits per heavy atom. The van der Waals surface area contributed by atoms with Crippen LogP contribution < -0.4 is 0 Å². The molecule has 0 aromatic carbocycles. The van der Waals surface area contributed by atoms with Crippen molar-refractivity contribution < 1.29 is 23.5 Å². The van der Waals surface area contributed by atoms with Gasteiger partial charge in [-0.2, -0.15) is 0 Å². The van der Waals surface area contributed by atoms with E-state index in [-0.39, 0.29) is 23.9 Å². The Labute approximate surface area is 169 Å². The maximum Gasteiger partial charge on any atom is 0.257 e. The first kappa shape index (κ1) is 19.6. The molecule has 2 saturated heterocycles. The predicted molar refractivity (Wildman–Crippen MR) is 103 cm³/mol. The topological polar surface area (TPSA) is 85.1 Å². The van der Waals surface area contributed by atoms with E-state index in [1.165, 1.54) is 12.5 Å². The fraction of sp³-hybridized carbons (Fsp3) is 0.476.